The Morgan fingerprint density at radius 1 is 0.444 bits per heavy atom. The largest absolute Gasteiger partial charge is 0.455 e. The van der Waals surface area contributed by atoms with E-state index in [9.17, 15) is 0 Å². The number of furan rings is 1. The van der Waals surface area contributed by atoms with E-state index in [0.29, 0.717) is 0 Å². The lowest BCUT2D eigenvalue weighted by Crippen LogP contribution is -1.83. The van der Waals surface area contributed by atoms with Crippen molar-refractivity contribution in [3.63, 3.8) is 0 Å². The van der Waals surface area contributed by atoms with E-state index < -0.39 is 0 Å². The number of aromatic nitrogens is 1. The van der Waals surface area contributed by atoms with Crippen LogP contribution in [0.15, 0.2) is 144 Å². The molecule has 0 unspecified atom stereocenters. The summed E-state index contributed by atoms with van der Waals surface area (Å²) in [6.45, 7) is 0. The standard InChI is InChI=1S/C34H23NO/c1-3-13-24(14-4-1)26-17-7-8-18-27(26)33-28-19-9-10-20-29(28)34(36-33)30-23-35-22-12-11-21-31(35)32(30)25-15-5-2-6-16-25/h1-23H. The zero-order valence-electron chi connectivity index (χ0n) is 19.6. The Hall–Kier alpha value is -4.82. The fourth-order valence-corrected chi connectivity index (χ4v) is 5.24. The fourth-order valence-electron chi connectivity index (χ4n) is 5.24. The van der Waals surface area contributed by atoms with E-state index in [4.69, 9.17) is 4.42 Å². The molecule has 0 radical (unpaired) electrons. The molecule has 0 aliphatic rings. The van der Waals surface area contributed by atoms with Gasteiger partial charge in [0.25, 0.3) is 0 Å². The highest BCUT2D eigenvalue weighted by Gasteiger charge is 2.23. The van der Waals surface area contributed by atoms with E-state index in [1.54, 1.807) is 0 Å². The molecule has 0 spiro atoms. The van der Waals surface area contributed by atoms with Gasteiger partial charge < -0.3 is 8.82 Å². The van der Waals surface area contributed by atoms with Gasteiger partial charge in [0.15, 0.2) is 0 Å². The molecule has 3 heterocycles. The lowest BCUT2D eigenvalue weighted by atomic mass is 9.96. The fraction of sp³-hybridized carbons (Fsp3) is 0. The first-order valence-corrected chi connectivity index (χ1v) is 12.2. The number of fused-ring (bicyclic) bond motifs is 2. The van der Waals surface area contributed by atoms with Gasteiger partial charge in [0.2, 0.25) is 0 Å². The van der Waals surface area contributed by atoms with Gasteiger partial charge in [0, 0.05) is 39.9 Å². The molecule has 0 amide bonds. The van der Waals surface area contributed by atoms with E-state index in [2.05, 4.69) is 144 Å². The molecule has 2 nitrogen and oxygen atoms in total. The van der Waals surface area contributed by atoms with Crippen molar-refractivity contribution in [3.05, 3.63) is 140 Å². The third-order valence-corrected chi connectivity index (χ3v) is 6.87. The van der Waals surface area contributed by atoms with Crippen molar-refractivity contribution < 1.29 is 4.42 Å². The van der Waals surface area contributed by atoms with Crippen LogP contribution in [0.2, 0.25) is 0 Å². The maximum atomic E-state index is 6.88. The maximum absolute atomic E-state index is 6.88. The van der Waals surface area contributed by atoms with Crippen LogP contribution in [0.5, 0.6) is 0 Å². The minimum absolute atomic E-state index is 0.894. The summed E-state index contributed by atoms with van der Waals surface area (Å²) in [5.74, 6) is 1.79. The summed E-state index contributed by atoms with van der Waals surface area (Å²) < 4.78 is 9.06. The molecule has 0 atom stereocenters. The normalized spacial score (nSPS) is 11.3. The van der Waals surface area contributed by atoms with E-state index in [-0.39, 0.29) is 0 Å². The molecule has 0 bridgehead atoms. The third-order valence-electron chi connectivity index (χ3n) is 6.87. The van der Waals surface area contributed by atoms with E-state index in [1.165, 1.54) is 16.7 Å². The maximum Gasteiger partial charge on any atom is 0.144 e. The molecular formula is C34H23NO. The summed E-state index contributed by atoms with van der Waals surface area (Å²) in [6, 6.07) is 44.4. The lowest BCUT2D eigenvalue weighted by Gasteiger charge is -2.08. The molecule has 7 rings (SSSR count). The van der Waals surface area contributed by atoms with Gasteiger partial charge in [0.1, 0.15) is 11.5 Å². The van der Waals surface area contributed by atoms with Gasteiger partial charge in [-0.15, -0.1) is 0 Å². The third kappa shape index (κ3) is 3.27. The molecule has 4 aromatic carbocycles. The summed E-state index contributed by atoms with van der Waals surface area (Å²) in [7, 11) is 0. The molecule has 2 heteroatoms. The van der Waals surface area contributed by atoms with E-state index in [1.807, 2.05) is 0 Å². The van der Waals surface area contributed by atoms with Crippen molar-refractivity contribution in [2.24, 2.45) is 0 Å². The van der Waals surface area contributed by atoms with E-state index >= 15 is 0 Å². The Bertz CT molecular complexity index is 1820. The van der Waals surface area contributed by atoms with Crippen LogP contribution in [-0.4, -0.2) is 4.40 Å². The summed E-state index contributed by atoms with van der Waals surface area (Å²) >= 11 is 0. The Morgan fingerprint density at radius 2 is 1.00 bits per heavy atom. The Morgan fingerprint density at radius 3 is 1.72 bits per heavy atom. The van der Waals surface area contributed by atoms with Crippen molar-refractivity contribution in [3.8, 4) is 44.9 Å². The number of benzene rings is 4. The average molecular weight is 462 g/mol. The summed E-state index contributed by atoms with van der Waals surface area (Å²) in [6.07, 6.45) is 4.29. The van der Waals surface area contributed by atoms with Gasteiger partial charge in [-0.2, -0.15) is 0 Å². The van der Waals surface area contributed by atoms with Crippen LogP contribution in [-0.2, 0) is 0 Å². The first-order valence-electron chi connectivity index (χ1n) is 12.2. The van der Waals surface area contributed by atoms with Crippen LogP contribution in [0.4, 0.5) is 0 Å². The second kappa shape index (κ2) is 8.44. The van der Waals surface area contributed by atoms with Gasteiger partial charge >= 0.3 is 0 Å². The van der Waals surface area contributed by atoms with Crippen LogP contribution in [0.3, 0.4) is 0 Å². The number of hydrogen-bond donors (Lipinski definition) is 0. The topological polar surface area (TPSA) is 17.6 Å². The average Bonchev–Trinajstić information content (AvgIpc) is 3.53. The van der Waals surface area contributed by atoms with Crippen LogP contribution in [0, 0.1) is 0 Å². The minimum Gasteiger partial charge on any atom is -0.455 e. The monoisotopic (exact) mass is 461 g/mol. The van der Waals surface area contributed by atoms with Crippen LogP contribution >= 0.6 is 0 Å². The molecule has 0 saturated heterocycles. The smallest absolute Gasteiger partial charge is 0.144 e. The molecule has 3 aromatic heterocycles. The molecule has 0 fully saturated rings. The molecule has 0 saturated carbocycles. The first kappa shape index (κ1) is 20.5. The van der Waals surface area contributed by atoms with Gasteiger partial charge in [-0.1, -0.05) is 115 Å². The van der Waals surface area contributed by atoms with Gasteiger partial charge in [-0.25, -0.2) is 0 Å². The predicted octanol–water partition coefficient (Wildman–Crippen LogP) is 9.35. The number of hydrogen-bond acceptors (Lipinski definition) is 1. The summed E-state index contributed by atoms with van der Waals surface area (Å²) in [5, 5.41) is 2.23. The summed E-state index contributed by atoms with van der Waals surface area (Å²) in [5.41, 5.74) is 8.03. The van der Waals surface area contributed by atoms with Crippen molar-refractivity contribution in [2.75, 3.05) is 0 Å². The first-order chi connectivity index (χ1) is 17.9. The Labute approximate surface area is 209 Å². The quantitative estimate of drug-likeness (QED) is 0.255. The van der Waals surface area contributed by atoms with Gasteiger partial charge in [-0.3, -0.25) is 0 Å². The molecule has 0 N–H and O–H groups in total. The second-order valence-corrected chi connectivity index (χ2v) is 8.99. The highest BCUT2D eigenvalue weighted by atomic mass is 16.3. The van der Waals surface area contributed by atoms with Gasteiger partial charge in [0.05, 0.1) is 5.52 Å². The molecule has 36 heavy (non-hydrogen) atoms. The highest BCUT2D eigenvalue weighted by molar-refractivity contribution is 6.08. The molecule has 0 aliphatic heterocycles. The Kier molecular flexibility index (Phi) is 4.82. The predicted molar refractivity (Wildman–Crippen MR) is 149 cm³/mol. The Balaban J connectivity index is 1.53. The number of rotatable bonds is 4. The minimum atomic E-state index is 0.894. The highest BCUT2D eigenvalue weighted by Crippen LogP contribution is 2.46. The zero-order valence-corrected chi connectivity index (χ0v) is 19.6. The number of pyridine rings is 1. The van der Waals surface area contributed by atoms with Crippen molar-refractivity contribution in [2.45, 2.75) is 0 Å². The van der Waals surface area contributed by atoms with Crippen LogP contribution < -0.4 is 0 Å². The van der Waals surface area contributed by atoms with Crippen LogP contribution in [0.25, 0.3) is 61.2 Å². The van der Waals surface area contributed by atoms with Crippen molar-refractivity contribution >= 4 is 16.3 Å². The lowest BCUT2D eigenvalue weighted by molar-refractivity contribution is 0.602. The molecule has 170 valence electrons. The molecule has 7 aromatic rings. The van der Waals surface area contributed by atoms with Crippen molar-refractivity contribution in [1.29, 1.82) is 0 Å². The van der Waals surface area contributed by atoms with E-state index in [0.717, 1.165) is 44.5 Å². The summed E-state index contributed by atoms with van der Waals surface area (Å²) in [4.78, 5) is 0. The van der Waals surface area contributed by atoms with Crippen molar-refractivity contribution in [1.82, 2.24) is 4.40 Å². The SMILES string of the molecule is c1ccc(-c2ccccc2-c2oc(-c3cn4ccccc4c3-c3ccccc3)c3ccccc23)cc1. The zero-order chi connectivity index (χ0) is 23.9. The molecular weight excluding hydrogens is 438 g/mol. The number of nitrogens with zero attached hydrogens (tertiary/aromatic N) is 1. The van der Waals surface area contributed by atoms with Crippen LogP contribution in [0.1, 0.15) is 0 Å². The molecule has 0 aliphatic carbocycles. The van der Waals surface area contributed by atoms with Gasteiger partial charge in [-0.05, 0) is 28.8 Å². The second-order valence-electron chi connectivity index (χ2n) is 8.99.